The van der Waals surface area contributed by atoms with Crippen molar-refractivity contribution < 1.29 is 24.5 Å². The second-order valence-corrected chi connectivity index (χ2v) is 6.56. The molecule has 0 unspecified atom stereocenters. The summed E-state index contributed by atoms with van der Waals surface area (Å²) in [6, 6.07) is 15.2. The van der Waals surface area contributed by atoms with Crippen molar-refractivity contribution in [3.63, 3.8) is 0 Å². The van der Waals surface area contributed by atoms with E-state index in [0.29, 0.717) is 12.1 Å². The fraction of sp³-hybridized carbons (Fsp3) is 0.182. The molecule has 0 amide bonds. The molecular weight excluding hydrogens is 358 g/mol. The highest BCUT2D eigenvalue weighted by Gasteiger charge is 2.19. The normalized spacial score (nSPS) is 10.6. The van der Waals surface area contributed by atoms with Crippen LogP contribution < -0.4 is 0 Å². The lowest BCUT2D eigenvalue weighted by Gasteiger charge is -2.10. The summed E-state index contributed by atoms with van der Waals surface area (Å²) in [5.74, 6) is -1.72. The van der Waals surface area contributed by atoms with Crippen LogP contribution in [0, 0.1) is 13.8 Å². The van der Waals surface area contributed by atoms with Crippen LogP contribution in [0.2, 0.25) is 0 Å². The highest BCUT2D eigenvalue weighted by atomic mass is 16.5. The maximum atomic E-state index is 12.6. The third kappa shape index (κ3) is 4.06. The van der Waals surface area contributed by atoms with Crippen LogP contribution in [-0.4, -0.2) is 33.1 Å². The van der Waals surface area contributed by atoms with Gasteiger partial charge in [-0.25, -0.2) is 4.79 Å². The van der Waals surface area contributed by atoms with Gasteiger partial charge in [-0.05, 0) is 37.6 Å². The van der Waals surface area contributed by atoms with Crippen LogP contribution in [0.1, 0.15) is 37.7 Å². The quantitative estimate of drug-likeness (QED) is 0.505. The zero-order chi connectivity index (χ0) is 20.3. The number of esters is 1. The van der Waals surface area contributed by atoms with Crippen molar-refractivity contribution in [2.75, 3.05) is 6.61 Å². The molecule has 0 atom stereocenters. The van der Waals surface area contributed by atoms with Gasteiger partial charge in [0.1, 0.15) is 17.1 Å². The second kappa shape index (κ2) is 8.00. The number of aromatic hydroxyl groups is 2. The molecule has 144 valence electrons. The van der Waals surface area contributed by atoms with Crippen LogP contribution in [0.4, 0.5) is 0 Å². The SMILES string of the molecule is Cc1cc(C(=O)COC(=O)c2ccc(O)cc2O)c(C)n1Cc1ccccc1. The highest BCUT2D eigenvalue weighted by molar-refractivity contribution is 6.01. The lowest BCUT2D eigenvalue weighted by Crippen LogP contribution is -2.15. The molecule has 1 aromatic heterocycles. The summed E-state index contributed by atoms with van der Waals surface area (Å²) in [7, 11) is 0. The Morgan fingerprint density at radius 1 is 0.964 bits per heavy atom. The van der Waals surface area contributed by atoms with Gasteiger partial charge in [0.05, 0.1) is 0 Å². The van der Waals surface area contributed by atoms with E-state index in [9.17, 15) is 19.8 Å². The third-order valence-corrected chi connectivity index (χ3v) is 4.59. The molecule has 0 radical (unpaired) electrons. The minimum atomic E-state index is -0.830. The van der Waals surface area contributed by atoms with Crippen LogP contribution in [0.5, 0.6) is 11.5 Å². The molecular formula is C22H21NO5. The van der Waals surface area contributed by atoms with E-state index in [1.54, 1.807) is 6.07 Å². The number of ketones is 1. The number of aryl methyl sites for hydroxylation is 1. The van der Waals surface area contributed by atoms with Crippen LogP contribution in [0.3, 0.4) is 0 Å². The van der Waals surface area contributed by atoms with Crippen molar-refractivity contribution in [1.29, 1.82) is 0 Å². The molecule has 28 heavy (non-hydrogen) atoms. The standard InChI is InChI=1S/C22H21NO5/c1-14-10-19(15(2)23(14)12-16-6-4-3-5-7-16)21(26)13-28-22(27)18-9-8-17(24)11-20(18)25/h3-11,24-25H,12-13H2,1-2H3. The van der Waals surface area contributed by atoms with Gasteiger partial charge in [-0.1, -0.05) is 30.3 Å². The van der Waals surface area contributed by atoms with E-state index >= 15 is 0 Å². The summed E-state index contributed by atoms with van der Waals surface area (Å²) in [6.07, 6.45) is 0. The maximum Gasteiger partial charge on any atom is 0.342 e. The Morgan fingerprint density at radius 2 is 1.68 bits per heavy atom. The Morgan fingerprint density at radius 3 is 2.36 bits per heavy atom. The molecule has 3 rings (SSSR count). The first kappa shape index (κ1) is 19.2. The average Bonchev–Trinajstić information content (AvgIpc) is 2.95. The number of aromatic nitrogens is 1. The maximum absolute atomic E-state index is 12.6. The topological polar surface area (TPSA) is 88.8 Å². The summed E-state index contributed by atoms with van der Waals surface area (Å²) in [6.45, 7) is 3.99. The summed E-state index contributed by atoms with van der Waals surface area (Å²) >= 11 is 0. The van der Waals surface area contributed by atoms with E-state index in [1.807, 2.05) is 48.7 Å². The number of phenolic OH excluding ortho intramolecular Hbond substituents is 2. The number of carbonyl (C=O) groups excluding carboxylic acids is 2. The first-order chi connectivity index (χ1) is 13.4. The van der Waals surface area contributed by atoms with Crippen LogP contribution >= 0.6 is 0 Å². The van der Waals surface area contributed by atoms with Gasteiger partial charge >= 0.3 is 5.97 Å². The van der Waals surface area contributed by atoms with Crippen molar-refractivity contribution in [1.82, 2.24) is 4.57 Å². The Balaban J connectivity index is 1.71. The van der Waals surface area contributed by atoms with Crippen molar-refractivity contribution in [3.05, 3.63) is 82.7 Å². The molecule has 6 heteroatoms. The molecule has 1 heterocycles. The molecule has 2 N–H and O–H groups in total. The monoisotopic (exact) mass is 379 g/mol. The van der Waals surface area contributed by atoms with Crippen molar-refractivity contribution in [2.24, 2.45) is 0 Å². The molecule has 0 bridgehead atoms. The fourth-order valence-corrected chi connectivity index (χ4v) is 3.07. The molecule has 0 aliphatic carbocycles. The lowest BCUT2D eigenvalue weighted by molar-refractivity contribution is 0.0471. The number of carbonyl (C=O) groups is 2. The van der Waals surface area contributed by atoms with Gasteiger partial charge in [0, 0.05) is 29.6 Å². The summed E-state index contributed by atoms with van der Waals surface area (Å²) in [4.78, 5) is 24.7. The lowest BCUT2D eigenvalue weighted by atomic mass is 10.1. The molecule has 0 saturated heterocycles. The average molecular weight is 379 g/mol. The van der Waals surface area contributed by atoms with Crippen molar-refractivity contribution in [2.45, 2.75) is 20.4 Å². The predicted molar refractivity (Wildman–Crippen MR) is 104 cm³/mol. The van der Waals surface area contributed by atoms with Crippen LogP contribution in [0.25, 0.3) is 0 Å². The van der Waals surface area contributed by atoms with Gasteiger partial charge in [-0.15, -0.1) is 0 Å². The smallest absolute Gasteiger partial charge is 0.342 e. The first-order valence-electron chi connectivity index (χ1n) is 8.79. The third-order valence-electron chi connectivity index (χ3n) is 4.59. The number of benzene rings is 2. The number of phenols is 2. The van der Waals surface area contributed by atoms with Gasteiger partial charge in [0.2, 0.25) is 5.78 Å². The van der Waals surface area contributed by atoms with Gasteiger partial charge in [0.25, 0.3) is 0 Å². The molecule has 0 aliphatic heterocycles. The van der Waals surface area contributed by atoms with E-state index in [0.717, 1.165) is 23.0 Å². The molecule has 0 spiro atoms. The van der Waals surface area contributed by atoms with Gasteiger partial charge in [-0.3, -0.25) is 4.79 Å². The second-order valence-electron chi connectivity index (χ2n) is 6.56. The Labute approximate surface area is 162 Å². The number of nitrogens with zero attached hydrogens (tertiary/aromatic N) is 1. The van der Waals surface area contributed by atoms with Gasteiger partial charge < -0.3 is 19.5 Å². The van der Waals surface area contributed by atoms with Crippen molar-refractivity contribution in [3.8, 4) is 11.5 Å². The van der Waals surface area contributed by atoms with Crippen molar-refractivity contribution >= 4 is 11.8 Å². The number of hydrogen-bond donors (Lipinski definition) is 2. The molecule has 0 saturated carbocycles. The minimum Gasteiger partial charge on any atom is -0.508 e. The highest BCUT2D eigenvalue weighted by Crippen LogP contribution is 2.23. The van der Waals surface area contributed by atoms with E-state index in [1.165, 1.54) is 12.1 Å². The molecule has 6 nitrogen and oxygen atoms in total. The first-order valence-corrected chi connectivity index (χ1v) is 8.79. The Kier molecular flexibility index (Phi) is 5.49. The molecule has 0 fully saturated rings. The van der Waals surface area contributed by atoms with E-state index in [-0.39, 0.29) is 17.1 Å². The summed E-state index contributed by atoms with van der Waals surface area (Å²) < 4.78 is 7.09. The van der Waals surface area contributed by atoms with Gasteiger partial charge in [-0.2, -0.15) is 0 Å². The minimum absolute atomic E-state index is 0.111. The number of rotatable bonds is 6. The van der Waals surface area contributed by atoms with E-state index in [2.05, 4.69) is 0 Å². The Hall–Kier alpha value is -3.54. The van der Waals surface area contributed by atoms with Gasteiger partial charge in [0.15, 0.2) is 6.61 Å². The Bertz CT molecular complexity index is 1020. The zero-order valence-corrected chi connectivity index (χ0v) is 15.7. The largest absolute Gasteiger partial charge is 0.508 e. The number of ether oxygens (including phenoxy) is 1. The van der Waals surface area contributed by atoms with E-state index in [4.69, 9.17) is 4.74 Å². The predicted octanol–water partition coefficient (Wildman–Crippen LogP) is 3.60. The van der Waals surface area contributed by atoms with Crippen LogP contribution in [0.15, 0.2) is 54.6 Å². The zero-order valence-electron chi connectivity index (χ0n) is 15.7. The summed E-state index contributed by atoms with van der Waals surface area (Å²) in [5, 5.41) is 19.0. The van der Waals surface area contributed by atoms with Crippen LogP contribution in [-0.2, 0) is 11.3 Å². The number of Topliss-reactive ketones (excluding diaryl/α,β-unsaturated/α-hetero) is 1. The molecule has 0 aliphatic rings. The summed E-state index contributed by atoms with van der Waals surface area (Å²) in [5.41, 5.74) is 3.25. The molecule has 2 aromatic carbocycles. The fourth-order valence-electron chi connectivity index (χ4n) is 3.07. The van der Waals surface area contributed by atoms with E-state index < -0.39 is 18.3 Å². The number of hydrogen-bond acceptors (Lipinski definition) is 5. The molecule has 3 aromatic rings.